The highest BCUT2D eigenvalue weighted by atomic mass is 32.2. The normalized spacial score (nSPS) is 20.2. The first-order valence-electron chi connectivity index (χ1n) is 5.58. The van der Waals surface area contributed by atoms with E-state index in [-0.39, 0.29) is 5.69 Å². The first-order chi connectivity index (χ1) is 8.15. The molecule has 0 radical (unpaired) electrons. The number of carbonyl (C=O) groups is 1. The standard InChI is InChI=1S/C12H13NO3S/c14-10-2-1-3-12(8-10)17-11-6-4-9(5-7-11)13(15)16/h4-7,12H,1-3,8H2. The van der Waals surface area contributed by atoms with Gasteiger partial charge in [0.15, 0.2) is 0 Å². The van der Waals surface area contributed by atoms with Crippen molar-refractivity contribution >= 4 is 23.2 Å². The highest BCUT2D eigenvalue weighted by Gasteiger charge is 2.20. The molecule has 0 aliphatic heterocycles. The van der Waals surface area contributed by atoms with E-state index >= 15 is 0 Å². The van der Waals surface area contributed by atoms with Gasteiger partial charge in [-0.05, 0) is 25.0 Å². The fourth-order valence-corrected chi connectivity index (χ4v) is 3.16. The summed E-state index contributed by atoms with van der Waals surface area (Å²) in [5.74, 6) is 0.329. The Kier molecular flexibility index (Phi) is 3.78. The van der Waals surface area contributed by atoms with E-state index in [2.05, 4.69) is 0 Å². The molecular weight excluding hydrogens is 238 g/mol. The molecule has 1 aliphatic rings. The van der Waals surface area contributed by atoms with Crippen LogP contribution in [0.5, 0.6) is 0 Å². The molecule has 5 heteroatoms. The van der Waals surface area contributed by atoms with E-state index in [4.69, 9.17) is 0 Å². The van der Waals surface area contributed by atoms with Gasteiger partial charge < -0.3 is 0 Å². The SMILES string of the molecule is O=C1CCCC(Sc2ccc([N+](=O)[O-])cc2)C1. The highest BCUT2D eigenvalue weighted by Crippen LogP contribution is 2.32. The Hall–Kier alpha value is -1.36. The van der Waals surface area contributed by atoms with Crippen molar-refractivity contribution in [2.24, 2.45) is 0 Å². The van der Waals surface area contributed by atoms with Gasteiger partial charge in [0.05, 0.1) is 4.92 Å². The second-order valence-corrected chi connectivity index (χ2v) is 5.50. The minimum absolute atomic E-state index is 0.106. The van der Waals surface area contributed by atoms with E-state index in [1.165, 1.54) is 12.1 Å². The second-order valence-electron chi connectivity index (χ2n) is 4.13. The van der Waals surface area contributed by atoms with E-state index in [1.54, 1.807) is 23.9 Å². The molecule has 1 aliphatic carbocycles. The lowest BCUT2D eigenvalue weighted by Crippen LogP contribution is -2.16. The van der Waals surface area contributed by atoms with Crippen molar-refractivity contribution in [1.29, 1.82) is 0 Å². The molecule has 1 fully saturated rings. The molecule has 0 saturated heterocycles. The summed E-state index contributed by atoms with van der Waals surface area (Å²) >= 11 is 1.65. The third-order valence-corrected chi connectivity index (χ3v) is 4.07. The topological polar surface area (TPSA) is 60.2 Å². The van der Waals surface area contributed by atoms with Gasteiger partial charge in [-0.15, -0.1) is 11.8 Å². The third-order valence-electron chi connectivity index (χ3n) is 2.79. The van der Waals surface area contributed by atoms with Crippen molar-refractivity contribution in [2.45, 2.75) is 35.8 Å². The first-order valence-corrected chi connectivity index (χ1v) is 6.46. The maximum Gasteiger partial charge on any atom is 0.269 e. The summed E-state index contributed by atoms with van der Waals surface area (Å²) < 4.78 is 0. The van der Waals surface area contributed by atoms with E-state index < -0.39 is 4.92 Å². The van der Waals surface area contributed by atoms with Crippen LogP contribution in [0.25, 0.3) is 0 Å². The molecule has 0 bridgehead atoms. The zero-order valence-electron chi connectivity index (χ0n) is 9.30. The van der Waals surface area contributed by atoms with Gasteiger partial charge in [-0.3, -0.25) is 14.9 Å². The summed E-state index contributed by atoms with van der Waals surface area (Å²) in [6.07, 6.45) is 3.34. The molecule has 17 heavy (non-hydrogen) atoms. The summed E-state index contributed by atoms with van der Waals surface area (Å²) in [6, 6.07) is 6.52. The number of Topliss-reactive ketones (excluding diaryl/α,β-unsaturated/α-hetero) is 1. The Bertz CT molecular complexity index is 430. The number of nitro groups is 1. The average Bonchev–Trinajstić information content (AvgIpc) is 2.29. The number of hydrogen-bond donors (Lipinski definition) is 0. The van der Waals surface area contributed by atoms with Crippen LogP contribution < -0.4 is 0 Å². The van der Waals surface area contributed by atoms with Crippen LogP contribution in [0.3, 0.4) is 0 Å². The molecule has 1 atom stereocenters. The molecule has 0 heterocycles. The van der Waals surface area contributed by atoms with E-state index in [1.807, 2.05) is 0 Å². The number of hydrogen-bond acceptors (Lipinski definition) is 4. The third kappa shape index (κ3) is 3.30. The summed E-state index contributed by atoms with van der Waals surface area (Å²) in [5, 5.41) is 10.8. The Labute approximate surface area is 104 Å². The number of non-ortho nitro benzene ring substituents is 1. The Morgan fingerprint density at radius 1 is 1.29 bits per heavy atom. The minimum atomic E-state index is -0.404. The predicted molar refractivity (Wildman–Crippen MR) is 66.2 cm³/mol. The van der Waals surface area contributed by atoms with Crippen LogP contribution in [0.1, 0.15) is 25.7 Å². The summed E-state index contributed by atoms with van der Waals surface area (Å²) in [4.78, 5) is 22.4. The van der Waals surface area contributed by atoms with Crippen molar-refractivity contribution in [3.8, 4) is 0 Å². The smallest absolute Gasteiger partial charge is 0.269 e. The van der Waals surface area contributed by atoms with Crippen LogP contribution in [0.2, 0.25) is 0 Å². The lowest BCUT2D eigenvalue weighted by atomic mass is 9.99. The molecule has 0 N–H and O–H groups in total. The number of nitro benzene ring substituents is 1. The number of carbonyl (C=O) groups excluding carboxylic acids is 1. The maximum atomic E-state index is 11.3. The van der Waals surface area contributed by atoms with Gasteiger partial charge in [0.1, 0.15) is 5.78 Å². The molecule has 90 valence electrons. The predicted octanol–water partition coefficient (Wildman–Crippen LogP) is 3.20. The van der Waals surface area contributed by atoms with Gasteiger partial charge in [-0.2, -0.15) is 0 Å². The summed E-state index contributed by atoms with van der Waals surface area (Å²) in [5.41, 5.74) is 0.106. The molecule has 1 aromatic rings. The molecule has 1 aromatic carbocycles. The van der Waals surface area contributed by atoms with Crippen LogP contribution in [0, 0.1) is 10.1 Å². The van der Waals surface area contributed by atoms with Gasteiger partial charge in [-0.1, -0.05) is 0 Å². The monoisotopic (exact) mass is 251 g/mol. The van der Waals surface area contributed by atoms with Crippen LogP contribution in [-0.4, -0.2) is 16.0 Å². The summed E-state index contributed by atoms with van der Waals surface area (Å²) in [7, 11) is 0. The Balaban J connectivity index is 1.98. The Morgan fingerprint density at radius 2 is 2.00 bits per heavy atom. The van der Waals surface area contributed by atoms with Crippen molar-refractivity contribution in [2.75, 3.05) is 0 Å². The van der Waals surface area contributed by atoms with Gasteiger partial charge in [0, 0.05) is 35.1 Å². The molecule has 0 amide bonds. The molecular formula is C12H13NO3S. The average molecular weight is 251 g/mol. The zero-order valence-corrected chi connectivity index (χ0v) is 10.1. The molecule has 2 rings (SSSR count). The van der Waals surface area contributed by atoms with Crippen molar-refractivity contribution < 1.29 is 9.72 Å². The lowest BCUT2D eigenvalue weighted by molar-refractivity contribution is -0.384. The van der Waals surface area contributed by atoms with Crippen LogP contribution in [0.4, 0.5) is 5.69 Å². The van der Waals surface area contributed by atoms with Crippen LogP contribution in [-0.2, 0) is 4.79 Å². The number of rotatable bonds is 3. The van der Waals surface area contributed by atoms with Crippen LogP contribution in [0.15, 0.2) is 29.2 Å². The quantitative estimate of drug-likeness (QED) is 0.611. The summed E-state index contributed by atoms with van der Waals surface area (Å²) in [6.45, 7) is 0. The van der Waals surface area contributed by atoms with Gasteiger partial charge in [0.2, 0.25) is 0 Å². The maximum absolute atomic E-state index is 11.3. The fourth-order valence-electron chi connectivity index (χ4n) is 1.92. The minimum Gasteiger partial charge on any atom is -0.300 e. The number of ketones is 1. The first kappa shape index (κ1) is 12.1. The molecule has 1 unspecified atom stereocenters. The van der Waals surface area contributed by atoms with Crippen molar-refractivity contribution in [1.82, 2.24) is 0 Å². The van der Waals surface area contributed by atoms with Gasteiger partial charge in [-0.25, -0.2) is 0 Å². The Morgan fingerprint density at radius 3 is 2.59 bits per heavy atom. The van der Waals surface area contributed by atoms with Gasteiger partial charge in [0.25, 0.3) is 5.69 Å². The molecule has 0 aromatic heterocycles. The molecule has 0 spiro atoms. The number of thioether (sulfide) groups is 1. The zero-order chi connectivity index (χ0) is 12.3. The van der Waals surface area contributed by atoms with Crippen molar-refractivity contribution in [3.05, 3.63) is 34.4 Å². The highest BCUT2D eigenvalue weighted by molar-refractivity contribution is 8.00. The lowest BCUT2D eigenvalue weighted by Gasteiger charge is -2.19. The second kappa shape index (κ2) is 5.31. The van der Waals surface area contributed by atoms with Crippen LogP contribution >= 0.6 is 11.8 Å². The van der Waals surface area contributed by atoms with Gasteiger partial charge >= 0.3 is 0 Å². The largest absolute Gasteiger partial charge is 0.300 e. The van der Waals surface area contributed by atoms with Crippen molar-refractivity contribution in [3.63, 3.8) is 0 Å². The molecule has 1 saturated carbocycles. The van der Waals surface area contributed by atoms with E-state index in [0.29, 0.717) is 23.9 Å². The fraction of sp³-hybridized carbons (Fsp3) is 0.417. The molecule has 4 nitrogen and oxygen atoms in total. The number of benzene rings is 1. The van der Waals surface area contributed by atoms with E-state index in [9.17, 15) is 14.9 Å². The number of nitrogens with zero attached hydrogens (tertiary/aromatic N) is 1. The van der Waals surface area contributed by atoms with E-state index in [0.717, 1.165) is 17.7 Å².